The fourth-order valence-corrected chi connectivity index (χ4v) is 3.91. The molecule has 0 fully saturated rings. The van der Waals surface area contributed by atoms with Crippen LogP contribution >= 0.6 is 11.6 Å². The normalized spacial score (nSPS) is 11.5. The molecular formula is C28H26ClN3O5. The fourth-order valence-electron chi connectivity index (χ4n) is 3.73. The molecule has 0 aliphatic rings. The second-order valence-corrected chi connectivity index (χ2v) is 8.85. The molecule has 0 spiro atoms. The van der Waals surface area contributed by atoms with Crippen LogP contribution in [0, 0.1) is 6.92 Å². The molecular weight excluding hydrogens is 494 g/mol. The lowest BCUT2D eigenvalue weighted by atomic mass is 10.1. The van der Waals surface area contributed by atoms with Crippen LogP contribution in [0.3, 0.4) is 0 Å². The third kappa shape index (κ3) is 7.11. The summed E-state index contributed by atoms with van der Waals surface area (Å²) < 4.78 is 10.5. The number of aromatic nitrogens is 1. The highest BCUT2D eigenvalue weighted by atomic mass is 35.5. The minimum absolute atomic E-state index is 0.0447. The Morgan fingerprint density at radius 2 is 1.73 bits per heavy atom. The van der Waals surface area contributed by atoms with Crippen molar-refractivity contribution in [3.63, 3.8) is 0 Å². The number of fused-ring (bicyclic) bond motifs is 1. The highest BCUT2D eigenvalue weighted by Crippen LogP contribution is 2.21. The average molecular weight is 520 g/mol. The summed E-state index contributed by atoms with van der Waals surface area (Å²) in [6.45, 7) is 1.36. The van der Waals surface area contributed by atoms with Gasteiger partial charge in [-0.15, -0.1) is 0 Å². The molecule has 0 radical (unpaired) electrons. The Labute approximate surface area is 218 Å². The maximum Gasteiger partial charge on any atom is 0.408 e. The van der Waals surface area contributed by atoms with E-state index in [0.29, 0.717) is 10.7 Å². The number of aromatic amines is 1. The van der Waals surface area contributed by atoms with Gasteiger partial charge in [0.25, 0.3) is 5.91 Å². The van der Waals surface area contributed by atoms with Crippen molar-refractivity contribution in [3.8, 4) is 0 Å². The van der Waals surface area contributed by atoms with Crippen molar-refractivity contribution in [2.24, 2.45) is 0 Å². The number of H-pyrrole nitrogens is 1. The van der Waals surface area contributed by atoms with Crippen LogP contribution in [-0.4, -0.2) is 35.6 Å². The number of alkyl carbamates (subject to hydrolysis) is 1. The van der Waals surface area contributed by atoms with E-state index in [4.69, 9.17) is 21.1 Å². The Morgan fingerprint density at radius 3 is 2.51 bits per heavy atom. The lowest BCUT2D eigenvalue weighted by Crippen LogP contribution is -2.44. The van der Waals surface area contributed by atoms with Gasteiger partial charge in [0.1, 0.15) is 12.6 Å². The van der Waals surface area contributed by atoms with Crippen LogP contribution in [0.5, 0.6) is 0 Å². The van der Waals surface area contributed by atoms with Crippen molar-refractivity contribution in [1.82, 2.24) is 10.3 Å². The highest BCUT2D eigenvalue weighted by molar-refractivity contribution is 6.31. The van der Waals surface area contributed by atoms with Crippen molar-refractivity contribution >= 4 is 46.2 Å². The van der Waals surface area contributed by atoms with Crippen LogP contribution in [-0.2, 0) is 32.1 Å². The number of aryl methyl sites for hydroxylation is 1. The summed E-state index contributed by atoms with van der Waals surface area (Å²) in [6, 6.07) is 20.8. The van der Waals surface area contributed by atoms with Crippen LogP contribution in [0.25, 0.3) is 10.9 Å². The van der Waals surface area contributed by atoms with Gasteiger partial charge in [-0.2, -0.15) is 0 Å². The maximum atomic E-state index is 13.0. The quantitative estimate of drug-likeness (QED) is 0.265. The largest absolute Gasteiger partial charge is 0.454 e. The molecule has 0 bridgehead atoms. The van der Waals surface area contributed by atoms with Crippen molar-refractivity contribution in [1.29, 1.82) is 0 Å². The monoisotopic (exact) mass is 519 g/mol. The molecule has 1 heterocycles. The van der Waals surface area contributed by atoms with Gasteiger partial charge in [-0.05, 0) is 41.8 Å². The van der Waals surface area contributed by atoms with Gasteiger partial charge in [-0.25, -0.2) is 9.59 Å². The predicted octanol–water partition coefficient (Wildman–Crippen LogP) is 5.15. The van der Waals surface area contributed by atoms with E-state index in [1.165, 1.54) is 0 Å². The topological polar surface area (TPSA) is 110 Å². The molecule has 4 aromatic rings. The zero-order chi connectivity index (χ0) is 26.2. The van der Waals surface area contributed by atoms with E-state index in [0.717, 1.165) is 27.6 Å². The first-order valence-electron chi connectivity index (χ1n) is 11.6. The van der Waals surface area contributed by atoms with Crippen LogP contribution in [0.1, 0.15) is 16.7 Å². The summed E-state index contributed by atoms with van der Waals surface area (Å²) >= 11 is 6.10. The number of hydrogen-bond donors (Lipinski definition) is 3. The van der Waals surface area contributed by atoms with E-state index in [2.05, 4.69) is 15.6 Å². The minimum Gasteiger partial charge on any atom is -0.454 e. The summed E-state index contributed by atoms with van der Waals surface area (Å²) in [7, 11) is 0. The predicted molar refractivity (Wildman–Crippen MR) is 141 cm³/mol. The van der Waals surface area contributed by atoms with Gasteiger partial charge >= 0.3 is 12.1 Å². The molecule has 0 unspecified atom stereocenters. The number of anilines is 1. The van der Waals surface area contributed by atoms with Crippen LogP contribution in [0.15, 0.2) is 79.0 Å². The van der Waals surface area contributed by atoms with E-state index < -0.39 is 30.6 Å². The minimum atomic E-state index is -1.08. The van der Waals surface area contributed by atoms with Gasteiger partial charge in [0.2, 0.25) is 0 Å². The molecule has 1 aromatic heterocycles. The molecule has 0 aliphatic carbocycles. The van der Waals surface area contributed by atoms with Gasteiger partial charge < -0.3 is 25.1 Å². The number of para-hydroxylation sites is 1. The SMILES string of the molecule is Cc1ccc(NC(=O)COC(=O)[C@H](Cc2c[nH]c3ccccc23)NC(=O)OCc2ccccc2)cc1Cl. The zero-order valence-electron chi connectivity index (χ0n) is 20.1. The summed E-state index contributed by atoms with van der Waals surface area (Å²) in [5.41, 5.74) is 3.86. The Bertz CT molecular complexity index is 1400. The van der Waals surface area contributed by atoms with Crippen molar-refractivity contribution in [2.75, 3.05) is 11.9 Å². The number of halogens is 1. The van der Waals surface area contributed by atoms with E-state index in [1.54, 1.807) is 24.4 Å². The van der Waals surface area contributed by atoms with Gasteiger partial charge in [0.05, 0.1) is 0 Å². The molecule has 0 saturated heterocycles. The fraction of sp³-hybridized carbons (Fsp3) is 0.179. The molecule has 1 atom stereocenters. The Balaban J connectivity index is 1.40. The Kier molecular flexibility index (Phi) is 8.43. The number of carbonyl (C=O) groups is 3. The number of nitrogens with one attached hydrogen (secondary N) is 3. The van der Waals surface area contributed by atoms with Crippen molar-refractivity contribution in [3.05, 3.63) is 101 Å². The number of benzene rings is 3. The van der Waals surface area contributed by atoms with Crippen molar-refractivity contribution < 1.29 is 23.9 Å². The summed E-state index contributed by atoms with van der Waals surface area (Å²) in [5.74, 6) is -1.30. The Morgan fingerprint density at radius 1 is 0.973 bits per heavy atom. The first-order chi connectivity index (χ1) is 17.9. The number of ether oxygens (including phenoxy) is 2. The van der Waals surface area contributed by atoms with Crippen LogP contribution < -0.4 is 10.6 Å². The number of rotatable bonds is 9. The molecule has 3 N–H and O–H groups in total. The molecule has 0 aliphatic heterocycles. The smallest absolute Gasteiger partial charge is 0.408 e. The zero-order valence-corrected chi connectivity index (χ0v) is 20.9. The summed E-state index contributed by atoms with van der Waals surface area (Å²) in [6.07, 6.45) is 1.14. The van der Waals surface area contributed by atoms with E-state index in [1.807, 2.05) is 61.5 Å². The number of carbonyl (C=O) groups excluding carboxylic acids is 3. The highest BCUT2D eigenvalue weighted by Gasteiger charge is 2.25. The molecule has 4 rings (SSSR count). The third-order valence-corrected chi connectivity index (χ3v) is 6.10. The van der Waals surface area contributed by atoms with Crippen LogP contribution in [0.4, 0.5) is 10.5 Å². The molecule has 2 amide bonds. The second kappa shape index (κ2) is 12.1. The molecule has 8 nitrogen and oxygen atoms in total. The molecule has 9 heteroatoms. The third-order valence-electron chi connectivity index (χ3n) is 5.69. The van der Waals surface area contributed by atoms with Gasteiger partial charge in [-0.3, -0.25) is 4.79 Å². The van der Waals surface area contributed by atoms with Gasteiger partial charge in [0.15, 0.2) is 6.61 Å². The second-order valence-electron chi connectivity index (χ2n) is 8.44. The first-order valence-corrected chi connectivity index (χ1v) is 12.0. The van der Waals surface area contributed by atoms with E-state index in [9.17, 15) is 14.4 Å². The number of esters is 1. The maximum absolute atomic E-state index is 13.0. The standard InChI is InChI=1S/C28H26ClN3O5/c1-18-11-12-21(14-23(18)29)31-26(33)17-36-27(34)25(13-20-15-30-24-10-6-5-9-22(20)24)32-28(35)37-16-19-7-3-2-4-8-19/h2-12,14-15,25,30H,13,16-17H2,1H3,(H,31,33)(H,32,35)/t25-/m0/s1. The summed E-state index contributed by atoms with van der Waals surface area (Å²) in [5, 5.41) is 6.63. The summed E-state index contributed by atoms with van der Waals surface area (Å²) in [4.78, 5) is 41.0. The lowest BCUT2D eigenvalue weighted by molar-refractivity contribution is -0.149. The first kappa shape index (κ1) is 25.8. The van der Waals surface area contributed by atoms with Gasteiger partial charge in [-0.1, -0.05) is 66.2 Å². The molecule has 3 aromatic carbocycles. The van der Waals surface area contributed by atoms with E-state index in [-0.39, 0.29) is 13.0 Å². The molecule has 190 valence electrons. The van der Waals surface area contributed by atoms with Crippen molar-refractivity contribution in [2.45, 2.75) is 26.0 Å². The average Bonchev–Trinajstić information content (AvgIpc) is 3.31. The van der Waals surface area contributed by atoms with Crippen LogP contribution in [0.2, 0.25) is 5.02 Å². The van der Waals surface area contributed by atoms with E-state index >= 15 is 0 Å². The van der Waals surface area contributed by atoms with Gasteiger partial charge in [0, 0.05) is 34.2 Å². The Hall–Kier alpha value is -4.30. The number of hydrogen-bond acceptors (Lipinski definition) is 5. The molecule has 37 heavy (non-hydrogen) atoms. The number of amides is 2. The lowest BCUT2D eigenvalue weighted by Gasteiger charge is -2.17. The molecule has 0 saturated carbocycles.